The summed E-state index contributed by atoms with van der Waals surface area (Å²) in [5.74, 6) is 1.34. The Labute approximate surface area is 99.6 Å². The smallest absolute Gasteiger partial charge is 0.00470 e. The second-order valence-corrected chi connectivity index (χ2v) is 7.01. The molecule has 15 heavy (non-hydrogen) atoms. The van der Waals surface area contributed by atoms with Crippen molar-refractivity contribution in [2.75, 3.05) is 12.3 Å². The SMILES string of the molecule is CC(C)(CN)CCCSC1CCCCC1. The maximum atomic E-state index is 5.72. The number of hydrogen-bond acceptors (Lipinski definition) is 2. The van der Waals surface area contributed by atoms with E-state index in [1.54, 1.807) is 0 Å². The zero-order valence-electron chi connectivity index (χ0n) is 10.4. The van der Waals surface area contributed by atoms with Gasteiger partial charge in [0.25, 0.3) is 0 Å². The predicted molar refractivity (Wildman–Crippen MR) is 71.4 cm³/mol. The first-order valence-electron chi connectivity index (χ1n) is 6.46. The fourth-order valence-corrected chi connectivity index (χ4v) is 3.45. The van der Waals surface area contributed by atoms with E-state index in [-0.39, 0.29) is 0 Å². The van der Waals surface area contributed by atoms with Gasteiger partial charge in [-0.1, -0.05) is 33.1 Å². The van der Waals surface area contributed by atoms with Crippen LogP contribution in [0.4, 0.5) is 0 Å². The molecule has 2 N–H and O–H groups in total. The van der Waals surface area contributed by atoms with Gasteiger partial charge in [0.2, 0.25) is 0 Å². The summed E-state index contributed by atoms with van der Waals surface area (Å²) in [6.45, 7) is 5.37. The fraction of sp³-hybridized carbons (Fsp3) is 1.00. The third-order valence-electron chi connectivity index (χ3n) is 3.46. The summed E-state index contributed by atoms with van der Waals surface area (Å²) >= 11 is 2.21. The van der Waals surface area contributed by atoms with Crippen LogP contribution in [0.5, 0.6) is 0 Å². The summed E-state index contributed by atoms with van der Waals surface area (Å²) in [5.41, 5.74) is 6.08. The van der Waals surface area contributed by atoms with E-state index in [1.165, 1.54) is 50.7 Å². The van der Waals surface area contributed by atoms with Crippen LogP contribution in [0, 0.1) is 5.41 Å². The first-order valence-corrected chi connectivity index (χ1v) is 7.50. The molecule has 0 radical (unpaired) electrons. The van der Waals surface area contributed by atoms with E-state index in [1.807, 2.05) is 0 Å². The van der Waals surface area contributed by atoms with Gasteiger partial charge in [-0.3, -0.25) is 0 Å². The molecule has 0 aromatic heterocycles. The second kappa shape index (κ2) is 6.80. The van der Waals surface area contributed by atoms with E-state index < -0.39 is 0 Å². The van der Waals surface area contributed by atoms with Crippen LogP contribution >= 0.6 is 11.8 Å². The molecule has 1 rings (SSSR count). The standard InChI is InChI=1S/C13H27NS/c1-13(2,11-14)9-6-10-15-12-7-4-3-5-8-12/h12H,3-11,14H2,1-2H3. The summed E-state index contributed by atoms with van der Waals surface area (Å²) in [7, 11) is 0. The maximum absolute atomic E-state index is 5.72. The van der Waals surface area contributed by atoms with E-state index in [9.17, 15) is 0 Å². The van der Waals surface area contributed by atoms with E-state index in [0.29, 0.717) is 5.41 Å². The van der Waals surface area contributed by atoms with Gasteiger partial charge in [-0.2, -0.15) is 11.8 Å². The number of nitrogens with two attached hydrogens (primary N) is 1. The molecule has 0 spiro atoms. The summed E-state index contributed by atoms with van der Waals surface area (Å²) in [4.78, 5) is 0. The molecule has 0 atom stereocenters. The van der Waals surface area contributed by atoms with E-state index >= 15 is 0 Å². The molecule has 2 heteroatoms. The molecule has 0 aliphatic heterocycles. The lowest BCUT2D eigenvalue weighted by Gasteiger charge is -2.24. The van der Waals surface area contributed by atoms with Crippen molar-refractivity contribution in [3.05, 3.63) is 0 Å². The predicted octanol–water partition coefficient (Wildman–Crippen LogP) is 3.82. The molecule has 1 fully saturated rings. The molecule has 0 amide bonds. The van der Waals surface area contributed by atoms with Gasteiger partial charge in [0.1, 0.15) is 0 Å². The summed E-state index contributed by atoms with van der Waals surface area (Å²) in [6, 6.07) is 0. The molecule has 1 nitrogen and oxygen atoms in total. The minimum Gasteiger partial charge on any atom is -0.330 e. The summed E-state index contributed by atoms with van der Waals surface area (Å²) < 4.78 is 0. The van der Waals surface area contributed by atoms with Crippen LogP contribution in [0.15, 0.2) is 0 Å². The lowest BCUT2D eigenvalue weighted by Crippen LogP contribution is -2.23. The second-order valence-electron chi connectivity index (χ2n) is 5.60. The summed E-state index contributed by atoms with van der Waals surface area (Å²) in [5, 5.41) is 0.972. The fourth-order valence-electron chi connectivity index (χ4n) is 2.13. The number of thioether (sulfide) groups is 1. The molecule has 1 aliphatic rings. The first-order chi connectivity index (χ1) is 7.14. The quantitative estimate of drug-likeness (QED) is 0.701. The van der Waals surface area contributed by atoms with Crippen molar-refractivity contribution in [1.82, 2.24) is 0 Å². The van der Waals surface area contributed by atoms with Crippen molar-refractivity contribution in [1.29, 1.82) is 0 Å². The molecule has 0 heterocycles. The molecule has 0 bridgehead atoms. The molecular weight excluding hydrogens is 202 g/mol. The minimum absolute atomic E-state index is 0.354. The topological polar surface area (TPSA) is 26.0 Å². The van der Waals surface area contributed by atoms with Crippen LogP contribution in [0.3, 0.4) is 0 Å². The molecule has 0 unspecified atom stereocenters. The highest BCUT2D eigenvalue weighted by Gasteiger charge is 2.16. The molecular formula is C13H27NS. The number of hydrogen-bond donors (Lipinski definition) is 1. The third-order valence-corrected chi connectivity index (χ3v) is 4.92. The normalized spacial score (nSPS) is 19.4. The molecule has 1 saturated carbocycles. The highest BCUT2D eigenvalue weighted by molar-refractivity contribution is 7.99. The molecule has 90 valence electrons. The van der Waals surface area contributed by atoms with Crippen molar-refractivity contribution >= 4 is 11.8 Å². The maximum Gasteiger partial charge on any atom is 0.00470 e. The zero-order chi connectivity index (χ0) is 11.1. The van der Waals surface area contributed by atoms with Gasteiger partial charge in [0.05, 0.1) is 0 Å². The van der Waals surface area contributed by atoms with Crippen molar-refractivity contribution in [3.8, 4) is 0 Å². The lowest BCUT2D eigenvalue weighted by molar-refractivity contribution is 0.345. The lowest BCUT2D eigenvalue weighted by atomic mass is 9.88. The largest absolute Gasteiger partial charge is 0.330 e. The molecule has 0 saturated heterocycles. The van der Waals surface area contributed by atoms with E-state index in [4.69, 9.17) is 5.73 Å². The Kier molecular flexibility index (Phi) is 6.06. The average Bonchev–Trinajstić information content (AvgIpc) is 2.26. The Hall–Kier alpha value is 0.310. The van der Waals surface area contributed by atoms with Gasteiger partial charge in [0, 0.05) is 5.25 Å². The van der Waals surface area contributed by atoms with Crippen molar-refractivity contribution in [2.45, 2.75) is 64.0 Å². The van der Waals surface area contributed by atoms with E-state index in [2.05, 4.69) is 25.6 Å². The minimum atomic E-state index is 0.354. The van der Waals surface area contributed by atoms with Crippen LogP contribution in [0.2, 0.25) is 0 Å². The van der Waals surface area contributed by atoms with Gasteiger partial charge in [0.15, 0.2) is 0 Å². The van der Waals surface area contributed by atoms with Crippen LogP contribution in [0.1, 0.15) is 58.8 Å². The Morgan fingerprint density at radius 3 is 2.47 bits per heavy atom. The average molecular weight is 229 g/mol. The van der Waals surface area contributed by atoms with Gasteiger partial charge in [-0.25, -0.2) is 0 Å². The summed E-state index contributed by atoms with van der Waals surface area (Å²) in [6.07, 6.45) is 9.94. The Morgan fingerprint density at radius 2 is 1.87 bits per heavy atom. The monoisotopic (exact) mass is 229 g/mol. The molecule has 0 aromatic rings. The van der Waals surface area contributed by atoms with Gasteiger partial charge < -0.3 is 5.73 Å². The van der Waals surface area contributed by atoms with E-state index in [0.717, 1.165) is 11.8 Å². The van der Waals surface area contributed by atoms with Crippen LogP contribution in [0.25, 0.3) is 0 Å². The van der Waals surface area contributed by atoms with Gasteiger partial charge >= 0.3 is 0 Å². The van der Waals surface area contributed by atoms with Crippen molar-refractivity contribution in [3.63, 3.8) is 0 Å². The molecule has 1 aliphatic carbocycles. The van der Waals surface area contributed by atoms with Crippen LogP contribution in [-0.2, 0) is 0 Å². The molecule has 0 aromatic carbocycles. The van der Waals surface area contributed by atoms with Crippen LogP contribution < -0.4 is 5.73 Å². The first kappa shape index (κ1) is 13.4. The number of rotatable bonds is 6. The van der Waals surface area contributed by atoms with Crippen molar-refractivity contribution < 1.29 is 0 Å². The Morgan fingerprint density at radius 1 is 1.20 bits per heavy atom. The van der Waals surface area contributed by atoms with Gasteiger partial charge in [-0.15, -0.1) is 0 Å². The van der Waals surface area contributed by atoms with Gasteiger partial charge in [-0.05, 0) is 43.4 Å². The third kappa shape index (κ3) is 5.82. The Balaban J connectivity index is 2.00. The highest BCUT2D eigenvalue weighted by atomic mass is 32.2. The van der Waals surface area contributed by atoms with Crippen molar-refractivity contribution in [2.24, 2.45) is 11.1 Å². The highest BCUT2D eigenvalue weighted by Crippen LogP contribution is 2.30. The van der Waals surface area contributed by atoms with Crippen LogP contribution in [-0.4, -0.2) is 17.5 Å². The zero-order valence-corrected chi connectivity index (χ0v) is 11.2. The Bertz CT molecular complexity index is 162.